The maximum Gasteiger partial charge on any atom is 0.134 e. The Labute approximate surface area is 110 Å². The van der Waals surface area contributed by atoms with Crippen LogP contribution < -0.4 is 5.32 Å². The van der Waals surface area contributed by atoms with Crippen molar-refractivity contribution in [3.8, 4) is 0 Å². The molecule has 1 N–H and O–H groups in total. The van der Waals surface area contributed by atoms with Crippen molar-refractivity contribution in [3.05, 3.63) is 34.2 Å². The molecule has 2 rings (SSSR count). The molecule has 0 unspecified atom stereocenters. The predicted octanol–water partition coefficient (Wildman–Crippen LogP) is 3.43. The van der Waals surface area contributed by atoms with Gasteiger partial charge in [0, 0.05) is 0 Å². The highest BCUT2D eigenvalue weighted by Gasteiger charge is 2.12. The van der Waals surface area contributed by atoms with Crippen molar-refractivity contribution in [1.82, 2.24) is 5.32 Å². The molecule has 4 heteroatoms. The molecular formula is C13H18BrNO2. The van der Waals surface area contributed by atoms with Crippen molar-refractivity contribution in [2.75, 3.05) is 19.8 Å². The first kappa shape index (κ1) is 12.9. The zero-order valence-corrected chi connectivity index (χ0v) is 11.6. The van der Waals surface area contributed by atoms with Gasteiger partial charge in [-0.25, -0.2) is 0 Å². The van der Waals surface area contributed by atoms with E-state index in [9.17, 15) is 0 Å². The average Bonchev–Trinajstić information content (AvgIpc) is 2.77. The van der Waals surface area contributed by atoms with Crippen LogP contribution in [-0.4, -0.2) is 19.8 Å². The number of hydrogen-bond acceptors (Lipinski definition) is 3. The van der Waals surface area contributed by atoms with Crippen LogP contribution >= 0.6 is 15.9 Å². The molecule has 17 heavy (non-hydrogen) atoms. The molecule has 0 radical (unpaired) electrons. The minimum atomic E-state index is 0.236. The third-order valence-corrected chi connectivity index (χ3v) is 3.65. The smallest absolute Gasteiger partial charge is 0.134 e. The molecule has 1 aliphatic heterocycles. The third kappa shape index (κ3) is 3.69. The fourth-order valence-electron chi connectivity index (χ4n) is 1.95. The van der Waals surface area contributed by atoms with E-state index in [1.165, 1.54) is 5.57 Å². The van der Waals surface area contributed by atoms with Gasteiger partial charge < -0.3 is 14.5 Å². The summed E-state index contributed by atoms with van der Waals surface area (Å²) in [4.78, 5) is 0. The lowest BCUT2D eigenvalue weighted by Crippen LogP contribution is -2.20. The highest BCUT2D eigenvalue weighted by molar-refractivity contribution is 9.10. The Hall–Kier alpha value is -0.580. The number of nitrogens with one attached hydrogen (secondary N) is 1. The van der Waals surface area contributed by atoms with Crippen LogP contribution in [0.3, 0.4) is 0 Å². The average molecular weight is 300 g/mol. The molecule has 0 fully saturated rings. The Bertz CT molecular complexity index is 387. The van der Waals surface area contributed by atoms with Crippen LogP contribution in [0, 0.1) is 0 Å². The van der Waals surface area contributed by atoms with E-state index in [4.69, 9.17) is 9.15 Å². The van der Waals surface area contributed by atoms with E-state index in [0.29, 0.717) is 0 Å². The first-order valence-corrected chi connectivity index (χ1v) is 6.78. The molecule has 1 aromatic rings. The lowest BCUT2D eigenvalue weighted by molar-refractivity contribution is 0.153. The first-order chi connectivity index (χ1) is 8.27. The molecule has 3 nitrogen and oxygen atoms in total. The lowest BCUT2D eigenvalue weighted by Gasteiger charge is -2.16. The van der Waals surface area contributed by atoms with E-state index in [0.717, 1.165) is 42.8 Å². The predicted molar refractivity (Wildman–Crippen MR) is 71.0 cm³/mol. The van der Waals surface area contributed by atoms with Gasteiger partial charge in [-0.05, 0) is 48.3 Å². The molecule has 0 aromatic carbocycles. The van der Waals surface area contributed by atoms with Crippen LogP contribution in [0.1, 0.15) is 31.6 Å². The zero-order chi connectivity index (χ0) is 12.1. The van der Waals surface area contributed by atoms with Gasteiger partial charge in [0.2, 0.25) is 0 Å². The molecule has 1 atom stereocenters. The second kappa shape index (κ2) is 6.38. The molecule has 0 saturated heterocycles. The van der Waals surface area contributed by atoms with Crippen LogP contribution in [0.25, 0.3) is 0 Å². The minimum Gasteiger partial charge on any atom is -0.466 e. The summed E-state index contributed by atoms with van der Waals surface area (Å²) >= 11 is 3.47. The highest BCUT2D eigenvalue weighted by atomic mass is 79.9. The summed E-state index contributed by atoms with van der Waals surface area (Å²) in [5.74, 6) is 0.964. The van der Waals surface area contributed by atoms with Crippen molar-refractivity contribution in [2.45, 2.75) is 25.8 Å². The maximum atomic E-state index is 5.42. The van der Waals surface area contributed by atoms with Crippen molar-refractivity contribution < 1.29 is 9.15 Å². The van der Waals surface area contributed by atoms with Gasteiger partial charge >= 0.3 is 0 Å². The van der Waals surface area contributed by atoms with Gasteiger partial charge in [-0.2, -0.15) is 0 Å². The van der Waals surface area contributed by atoms with E-state index in [1.54, 1.807) is 6.26 Å². The fourth-order valence-corrected chi connectivity index (χ4v) is 2.49. The second-order valence-corrected chi connectivity index (χ2v) is 5.10. The molecule has 0 spiro atoms. The molecule has 2 heterocycles. The van der Waals surface area contributed by atoms with Gasteiger partial charge in [0.05, 0.1) is 30.0 Å². The molecule has 0 aliphatic carbocycles. The van der Waals surface area contributed by atoms with E-state index in [1.807, 2.05) is 6.07 Å². The van der Waals surface area contributed by atoms with Gasteiger partial charge in [0.25, 0.3) is 0 Å². The topological polar surface area (TPSA) is 34.4 Å². The Kier molecular flexibility index (Phi) is 4.83. The quantitative estimate of drug-likeness (QED) is 0.846. The summed E-state index contributed by atoms with van der Waals surface area (Å²) < 4.78 is 11.7. The van der Waals surface area contributed by atoms with Crippen molar-refractivity contribution in [1.29, 1.82) is 0 Å². The third-order valence-electron chi connectivity index (χ3n) is 2.99. The number of halogens is 1. The summed E-state index contributed by atoms with van der Waals surface area (Å²) in [6.45, 7) is 4.72. The van der Waals surface area contributed by atoms with E-state index < -0.39 is 0 Å². The molecular weight excluding hydrogens is 282 g/mol. The Morgan fingerprint density at radius 2 is 2.41 bits per heavy atom. The Morgan fingerprint density at radius 3 is 3.06 bits per heavy atom. The molecule has 94 valence electrons. The summed E-state index contributed by atoms with van der Waals surface area (Å²) in [6, 6.07) is 2.16. The lowest BCUT2D eigenvalue weighted by atomic mass is 10.1. The summed E-state index contributed by atoms with van der Waals surface area (Å²) in [6.07, 6.45) is 6.06. The van der Waals surface area contributed by atoms with E-state index in [-0.39, 0.29) is 6.04 Å². The van der Waals surface area contributed by atoms with Gasteiger partial charge in [-0.3, -0.25) is 0 Å². The van der Waals surface area contributed by atoms with Crippen molar-refractivity contribution in [2.24, 2.45) is 0 Å². The van der Waals surface area contributed by atoms with Crippen LogP contribution in [-0.2, 0) is 4.74 Å². The normalized spacial score (nSPS) is 17.9. The van der Waals surface area contributed by atoms with Crippen LogP contribution in [0.15, 0.2) is 32.9 Å². The standard InChI is InChI=1S/C13H18BrNO2/c1-10(13-12(14)5-9-17-13)15-6-2-11-3-7-16-8-4-11/h3,5,9-10,15H,2,4,6-8H2,1H3/t10-/m1/s1. The fraction of sp³-hybridized carbons (Fsp3) is 0.538. The van der Waals surface area contributed by atoms with Gasteiger partial charge in [0.15, 0.2) is 0 Å². The molecule has 0 amide bonds. The first-order valence-electron chi connectivity index (χ1n) is 5.99. The van der Waals surface area contributed by atoms with Crippen molar-refractivity contribution >= 4 is 15.9 Å². The largest absolute Gasteiger partial charge is 0.466 e. The number of rotatable bonds is 5. The molecule has 0 saturated carbocycles. The monoisotopic (exact) mass is 299 g/mol. The number of furan rings is 1. The highest BCUT2D eigenvalue weighted by Crippen LogP contribution is 2.24. The van der Waals surface area contributed by atoms with Gasteiger partial charge in [-0.1, -0.05) is 11.6 Å². The zero-order valence-electron chi connectivity index (χ0n) is 10.0. The summed E-state index contributed by atoms with van der Waals surface area (Å²) in [5.41, 5.74) is 1.49. The van der Waals surface area contributed by atoms with Crippen LogP contribution in [0.2, 0.25) is 0 Å². The van der Waals surface area contributed by atoms with E-state index in [2.05, 4.69) is 34.2 Å². The summed E-state index contributed by atoms with van der Waals surface area (Å²) in [5, 5.41) is 3.47. The SMILES string of the molecule is C[C@@H](NCCC1=CCOCC1)c1occc1Br. The minimum absolute atomic E-state index is 0.236. The number of ether oxygens (including phenoxy) is 1. The molecule has 1 aliphatic rings. The Balaban J connectivity index is 1.75. The van der Waals surface area contributed by atoms with Crippen molar-refractivity contribution in [3.63, 3.8) is 0 Å². The van der Waals surface area contributed by atoms with Crippen LogP contribution in [0.4, 0.5) is 0 Å². The summed E-state index contributed by atoms with van der Waals surface area (Å²) in [7, 11) is 0. The Morgan fingerprint density at radius 1 is 1.53 bits per heavy atom. The second-order valence-electron chi connectivity index (χ2n) is 4.25. The van der Waals surface area contributed by atoms with E-state index >= 15 is 0 Å². The van der Waals surface area contributed by atoms with Crippen LogP contribution in [0.5, 0.6) is 0 Å². The van der Waals surface area contributed by atoms with Gasteiger partial charge in [0.1, 0.15) is 5.76 Å². The molecule has 0 bridgehead atoms. The molecule has 1 aromatic heterocycles. The number of hydrogen-bond donors (Lipinski definition) is 1. The maximum absolute atomic E-state index is 5.42. The van der Waals surface area contributed by atoms with Gasteiger partial charge in [-0.15, -0.1) is 0 Å².